The predicted molar refractivity (Wildman–Crippen MR) is 121 cm³/mol. The smallest absolute Gasteiger partial charge is 0.322 e. The number of nitrogens with one attached hydrogen (secondary N) is 1. The van der Waals surface area contributed by atoms with Gasteiger partial charge in [-0.3, -0.25) is 13.9 Å². The summed E-state index contributed by atoms with van der Waals surface area (Å²) in [6.45, 7) is 11.1. The minimum absolute atomic E-state index is 0. The Morgan fingerprint density at radius 2 is 1.59 bits per heavy atom. The lowest BCUT2D eigenvalue weighted by atomic mass is 10.0. The summed E-state index contributed by atoms with van der Waals surface area (Å²) in [5.74, 6) is 0.829. The molecule has 2 aromatic heterocycles. The Hall–Kier alpha value is -2.38. The van der Waals surface area contributed by atoms with E-state index in [0.717, 1.165) is 29.0 Å². The first kappa shape index (κ1) is 24.7. The standard InChI is InChI=1S/C17H20N4O2.C4H11N.ClH/c1-5-21-13-15(19(3)17(23)20(4)16(13)22)18-14(21)11(2)12-9-7-6-8-10-12;1-3-5-4-2;/h6-11H,5H2,1-4H3;5H,3-4H2,1-2H3;1H. The Morgan fingerprint density at radius 3 is 2.07 bits per heavy atom. The molecule has 0 spiro atoms. The minimum atomic E-state index is -0.359. The van der Waals surface area contributed by atoms with E-state index in [1.807, 2.05) is 41.8 Å². The summed E-state index contributed by atoms with van der Waals surface area (Å²) in [6.07, 6.45) is 0. The van der Waals surface area contributed by atoms with E-state index in [2.05, 4.69) is 31.1 Å². The highest BCUT2D eigenvalue weighted by molar-refractivity contribution is 5.85. The highest BCUT2D eigenvalue weighted by Gasteiger charge is 2.22. The summed E-state index contributed by atoms with van der Waals surface area (Å²) in [5, 5.41) is 3.11. The number of halogens is 1. The summed E-state index contributed by atoms with van der Waals surface area (Å²) >= 11 is 0. The molecule has 0 amide bonds. The Balaban J connectivity index is 0.000000628. The molecule has 1 atom stereocenters. The van der Waals surface area contributed by atoms with E-state index in [9.17, 15) is 9.59 Å². The van der Waals surface area contributed by atoms with Gasteiger partial charge in [-0.1, -0.05) is 51.1 Å². The van der Waals surface area contributed by atoms with Crippen molar-refractivity contribution >= 4 is 23.6 Å². The maximum Gasteiger partial charge on any atom is 0.332 e. The summed E-state index contributed by atoms with van der Waals surface area (Å²) in [4.78, 5) is 29.3. The van der Waals surface area contributed by atoms with E-state index in [4.69, 9.17) is 0 Å². The van der Waals surface area contributed by atoms with E-state index in [1.54, 1.807) is 7.05 Å². The number of aryl methyl sites for hydroxylation is 2. The number of hydrogen-bond donors (Lipinski definition) is 1. The number of fused-ring (bicyclic) bond motifs is 1. The average molecular weight is 422 g/mol. The molecule has 3 aromatic rings. The van der Waals surface area contributed by atoms with Crippen LogP contribution in [0.15, 0.2) is 39.9 Å². The molecule has 0 aliphatic rings. The second-order valence-electron chi connectivity index (χ2n) is 6.68. The van der Waals surface area contributed by atoms with Gasteiger partial charge in [0.1, 0.15) is 5.82 Å². The number of imidazole rings is 1. The number of rotatable bonds is 5. The molecule has 29 heavy (non-hydrogen) atoms. The van der Waals surface area contributed by atoms with Crippen molar-refractivity contribution in [3.05, 3.63) is 62.6 Å². The van der Waals surface area contributed by atoms with Gasteiger partial charge >= 0.3 is 5.69 Å². The third kappa shape index (κ3) is 4.97. The SMILES string of the molecule is CCNCC.CCn1c(C(C)c2ccccc2)nc2c1c(=O)n(C)c(=O)n2C.Cl. The van der Waals surface area contributed by atoms with Crippen LogP contribution in [0.25, 0.3) is 11.2 Å². The molecule has 7 nitrogen and oxygen atoms in total. The summed E-state index contributed by atoms with van der Waals surface area (Å²) in [6, 6.07) is 10.0. The van der Waals surface area contributed by atoms with Crippen LogP contribution in [0.3, 0.4) is 0 Å². The van der Waals surface area contributed by atoms with Gasteiger partial charge in [0.05, 0.1) is 0 Å². The highest BCUT2D eigenvalue weighted by atomic mass is 35.5. The molecule has 2 heterocycles. The van der Waals surface area contributed by atoms with Crippen LogP contribution in [-0.4, -0.2) is 31.8 Å². The highest BCUT2D eigenvalue weighted by Crippen LogP contribution is 2.25. The molecule has 0 fully saturated rings. The molecular formula is C21H32ClN5O2. The summed E-state index contributed by atoms with van der Waals surface area (Å²) < 4.78 is 4.48. The Kier molecular flexibility index (Phi) is 9.33. The predicted octanol–water partition coefficient (Wildman–Crippen LogP) is 2.64. The summed E-state index contributed by atoms with van der Waals surface area (Å²) in [7, 11) is 3.14. The van der Waals surface area contributed by atoms with Crippen molar-refractivity contribution in [1.82, 2.24) is 24.0 Å². The van der Waals surface area contributed by atoms with Crippen LogP contribution < -0.4 is 16.6 Å². The topological polar surface area (TPSA) is 73.8 Å². The van der Waals surface area contributed by atoms with Crippen molar-refractivity contribution in [3.63, 3.8) is 0 Å². The van der Waals surface area contributed by atoms with E-state index in [1.165, 1.54) is 11.6 Å². The number of aromatic nitrogens is 4. The molecule has 0 aliphatic heterocycles. The minimum Gasteiger partial charge on any atom is -0.322 e. The van der Waals surface area contributed by atoms with Crippen molar-refractivity contribution in [1.29, 1.82) is 0 Å². The van der Waals surface area contributed by atoms with Gasteiger partial charge in [-0.25, -0.2) is 9.78 Å². The van der Waals surface area contributed by atoms with Crippen molar-refractivity contribution in [3.8, 4) is 0 Å². The van der Waals surface area contributed by atoms with Crippen LogP contribution in [0.2, 0.25) is 0 Å². The second-order valence-corrected chi connectivity index (χ2v) is 6.68. The first-order valence-corrected chi connectivity index (χ1v) is 9.80. The van der Waals surface area contributed by atoms with Gasteiger partial charge in [-0.15, -0.1) is 12.4 Å². The fraction of sp³-hybridized carbons (Fsp3) is 0.476. The molecule has 160 valence electrons. The monoisotopic (exact) mass is 421 g/mol. The van der Waals surface area contributed by atoms with Gasteiger partial charge in [-0.2, -0.15) is 0 Å². The van der Waals surface area contributed by atoms with Crippen LogP contribution in [0, 0.1) is 0 Å². The van der Waals surface area contributed by atoms with Gasteiger partial charge in [0.15, 0.2) is 11.2 Å². The third-order valence-corrected chi connectivity index (χ3v) is 4.88. The fourth-order valence-corrected chi connectivity index (χ4v) is 3.25. The largest absolute Gasteiger partial charge is 0.332 e. The van der Waals surface area contributed by atoms with Crippen molar-refractivity contribution in [2.24, 2.45) is 14.1 Å². The molecule has 0 saturated heterocycles. The third-order valence-electron chi connectivity index (χ3n) is 4.88. The van der Waals surface area contributed by atoms with Crippen LogP contribution in [-0.2, 0) is 20.6 Å². The van der Waals surface area contributed by atoms with Gasteiger partial charge in [0, 0.05) is 26.6 Å². The lowest BCUT2D eigenvalue weighted by Gasteiger charge is -2.13. The quantitative estimate of drug-likeness (QED) is 0.687. The Bertz CT molecular complexity index is 1040. The van der Waals surface area contributed by atoms with Crippen LogP contribution in [0.1, 0.15) is 45.0 Å². The van der Waals surface area contributed by atoms with Gasteiger partial charge in [0.2, 0.25) is 0 Å². The van der Waals surface area contributed by atoms with Gasteiger partial charge in [0.25, 0.3) is 5.56 Å². The molecule has 1 unspecified atom stereocenters. The van der Waals surface area contributed by atoms with Gasteiger partial charge < -0.3 is 9.88 Å². The zero-order chi connectivity index (χ0) is 20.8. The normalized spacial score (nSPS) is 11.5. The number of benzene rings is 1. The van der Waals surface area contributed by atoms with Crippen molar-refractivity contribution < 1.29 is 0 Å². The number of hydrogen-bond acceptors (Lipinski definition) is 4. The second kappa shape index (κ2) is 11.0. The molecular weight excluding hydrogens is 390 g/mol. The van der Waals surface area contributed by atoms with Crippen LogP contribution in [0.4, 0.5) is 0 Å². The maximum atomic E-state index is 12.5. The van der Waals surface area contributed by atoms with E-state index >= 15 is 0 Å². The molecule has 0 saturated carbocycles. The van der Waals surface area contributed by atoms with E-state index < -0.39 is 0 Å². The maximum absolute atomic E-state index is 12.5. The molecule has 8 heteroatoms. The molecule has 1 N–H and O–H groups in total. The Morgan fingerprint density at radius 1 is 1.00 bits per heavy atom. The van der Waals surface area contributed by atoms with Crippen molar-refractivity contribution in [2.75, 3.05) is 13.1 Å². The van der Waals surface area contributed by atoms with Crippen LogP contribution in [0.5, 0.6) is 0 Å². The lowest BCUT2D eigenvalue weighted by molar-refractivity contribution is 0.676. The first-order chi connectivity index (χ1) is 13.4. The number of nitrogens with zero attached hydrogens (tertiary/aromatic N) is 4. The molecule has 0 bridgehead atoms. The van der Waals surface area contributed by atoms with E-state index in [-0.39, 0.29) is 29.6 Å². The molecule has 0 aliphatic carbocycles. The average Bonchev–Trinajstić information content (AvgIpc) is 3.11. The van der Waals surface area contributed by atoms with Crippen LogP contribution >= 0.6 is 12.4 Å². The van der Waals surface area contributed by atoms with Gasteiger partial charge in [-0.05, 0) is 25.6 Å². The zero-order valence-electron chi connectivity index (χ0n) is 18.1. The Labute approximate surface area is 177 Å². The summed E-state index contributed by atoms with van der Waals surface area (Å²) in [5.41, 5.74) is 1.39. The lowest BCUT2D eigenvalue weighted by Crippen LogP contribution is -2.37. The zero-order valence-corrected chi connectivity index (χ0v) is 18.9. The fourth-order valence-electron chi connectivity index (χ4n) is 3.25. The van der Waals surface area contributed by atoms with E-state index in [0.29, 0.717) is 17.7 Å². The first-order valence-electron chi connectivity index (χ1n) is 9.80. The molecule has 3 rings (SSSR count). The van der Waals surface area contributed by atoms with Crippen molar-refractivity contribution in [2.45, 2.75) is 40.2 Å². The molecule has 1 aromatic carbocycles. The molecule has 0 radical (unpaired) electrons.